The van der Waals surface area contributed by atoms with E-state index in [9.17, 15) is 0 Å². The number of likely N-dealkylation sites (N-methyl/N-ethyl adjacent to an activating group) is 1. The van der Waals surface area contributed by atoms with E-state index in [1.807, 2.05) is 27.0 Å². The Hall–Kier alpha value is -0.790. The fraction of sp³-hybridized carbons (Fsp3) is 0.571. The second-order valence-electron chi connectivity index (χ2n) is 1.79. The van der Waals surface area contributed by atoms with Gasteiger partial charge in [-0.2, -0.15) is 0 Å². The lowest BCUT2D eigenvalue weighted by molar-refractivity contribution is 1.14. The number of aliphatic imine (C=N–C) groups is 1. The van der Waals surface area contributed by atoms with Crippen molar-refractivity contribution in [1.82, 2.24) is 5.32 Å². The van der Waals surface area contributed by atoms with Crippen molar-refractivity contribution in [2.45, 2.75) is 13.8 Å². The highest BCUT2D eigenvalue weighted by Crippen LogP contribution is 1.91. The number of nitrogens with zero attached hydrogens (tertiary/aromatic N) is 1. The zero-order valence-corrected chi connectivity index (χ0v) is 6.52. The fourth-order valence-corrected chi connectivity index (χ4v) is 0.622. The molecule has 0 aliphatic rings. The summed E-state index contributed by atoms with van der Waals surface area (Å²) < 4.78 is 0. The van der Waals surface area contributed by atoms with Crippen molar-refractivity contribution < 1.29 is 0 Å². The van der Waals surface area contributed by atoms with Crippen LogP contribution < -0.4 is 5.32 Å². The Kier molecular flexibility index (Phi) is 3.76. The predicted octanol–water partition coefficient (Wildman–Crippen LogP) is 1.20. The third-order valence-corrected chi connectivity index (χ3v) is 1.27. The molecule has 0 rings (SSSR count). The van der Waals surface area contributed by atoms with Crippen LogP contribution in [0.25, 0.3) is 0 Å². The monoisotopic (exact) mass is 126 g/mol. The van der Waals surface area contributed by atoms with E-state index in [0.717, 1.165) is 5.84 Å². The first kappa shape index (κ1) is 8.21. The van der Waals surface area contributed by atoms with Crippen LogP contribution in [-0.4, -0.2) is 19.9 Å². The van der Waals surface area contributed by atoms with Gasteiger partial charge in [0, 0.05) is 14.1 Å². The maximum atomic E-state index is 4.01. The maximum Gasteiger partial charge on any atom is 0.122 e. The zero-order valence-electron chi connectivity index (χ0n) is 6.52. The van der Waals surface area contributed by atoms with Crippen LogP contribution in [0.1, 0.15) is 13.8 Å². The first-order valence-electron chi connectivity index (χ1n) is 3.04. The largest absolute Gasteiger partial charge is 0.373 e. The van der Waals surface area contributed by atoms with Crippen molar-refractivity contribution in [3.05, 3.63) is 11.6 Å². The summed E-state index contributed by atoms with van der Waals surface area (Å²) in [7, 11) is 3.65. The zero-order chi connectivity index (χ0) is 7.28. The Bertz CT molecular complexity index is 134. The summed E-state index contributed by atoms with van der Waals surface area (Å²) >= 11 is 0. The van der Waals surface area contributed by atoms with Crippen LogP contribution in [0.4, 0.5) is 0 Å². The summed E-state index contributed by atoms with van der Waals surface area (Å²) in [6, 6.07) is 0. The van der Waals surface area contributed by atoms with E-state index in [0.29, 0.717) is 0 Å². The molecule has 0 amide bonds. The molecule has 0 radical (unpaired) electrons. The van der Waals surface area contributed by atoms with Crippen molar-refractivity contribution >= 4 is 5.84 Å². The molecular formula is C7H14N2. The Morgan fingerprint density at radius 1 is 1.56 bits per heavy atom. The van der Waals surface area contributed by atoms with Crippen molar-refractivity contribution in [2.24, 2.45) is 4.99 Å². The van der Waals surface area contributed by atoms with Crippen LogP contribution in [0.2, 0.25) is 0 Å². The Morgan fingerprint density at radius 3 is 2.22 bits per heavy atom. The summed E-state index contributed by atoms with van der Waals surface area (Å²) in [5.74, 6) is 0.956. The van der Waals surface area contributed by atoms with Crippen LogP contribution >= 0.6 is 0 Å². The van der Waals surface area contributed by atoms with Gasteiger partial charge in [0.1, 0.15) is 5.84 Å². The molecule has 0 aromatic rings. The van der Waals surface area contributed by atoms with E-state index in [4.69, 9.17) is 0 Å². The van der Waals surface area contributed by atoms with E-state index in [1.54, 1.807) is 7.05 Å². The molecule has 0 bridgehead atoms. The molecule has 0 aliphatic carbocycles. The molecule has 0 spiro atoms. The molecule has 0 aliphatic heterocycles. The van der Waals surface area contributed by atoms with Crippen molar-refractivity contribution in [1.29, 1.82) is 0 Å². The molecule has 2 heteroatoms. The van der Waals surface area contributed by atoms with Gasteiger partial charge in [-0.15, -0.1) is 0 Å². The molecule has 1 N–H and O–H groups in total. The minimum Gasteiger partial charge on any atom is -0.373 e. The number of nitrogens with one attached hydrogen (secondary N) is 1. The molecule has 0 saturated heterocycles. The lowest BCUT2D eigenvalue weighted by Gasteiger charge is -2.02. The molecule has 0 saturated carbocycles. The van der Waals surface area contributed by atoms with E-state index < -0.39 is 0 Å². The molecule has 2 nitrogen and oxygen atoms in total. The van der Waals surface area contributed by atoms with Crippen molar-refractivity contribution in [3.63, 3.8) is 0 Å². The van der Waals surface area contributed by atoms with Gasteiger partial charge in [0.25, 0.3) is 0 Å². The molecule has 0 aromatic heterocycles. The SMILES string of the molecule is C/C=C(/C)C(=NC)NC. The second-order valence-corrected chi connectivity index (χ2v) is 1.79. The van der Waals surface area contributed by atoms with Crippen LogP contribution in [-0.2, 0) is 0 Å². The third-order valence-electron chi connectivity index (χ3n) is 1.27. The van der Waals surface area contributed by atoms with Gasteiger partial charge in [-0.05, 0) is 19.4 Å². The summed E-state index contributed by atoms with van der Waals surface area (Å²) in [5, 5.41) is 2.98. The average Bonchev–Trinajstić information content (AvgIpc) is 1.90. The normalized spacial score (nSPS) is 13.8. The molecule has 9 heavy (non-hydrogen) atoms. The minimum absolute atomic E-state index is 0.956. The van der Waals surface area contributed by atoms with Crippen molar-refractivity contribution in [2.75, 3.05) is 14.1 Å². The second kappa shape index (κ2) is 4.13. The van der Waals surface area contributed by atoms with Crippen LogP contribution in [0.5, 0.6) is 0 Å². The van der Waals surface area contributed by atoms with Gasteiger partial charge >= 0.3 is 0 Å². The maximum absolute atomic E-state index is 4.01. The van der Waals surface area contributed by atoms with Gasteiger partial charge in [0.2, 0.25) is 0 Å². The molecule has 0 fully saturated rings. The summed E-state index contributed by atoms with van der Waals surface area (Å²) in [6.07, 6.45) is 2.03. The van der Waals surface area contributed by atoms with Gasteiger partial charge in [-0.25, -0.2) is 0 Å². The third kappa shape index (κ3) is 2.31. The standard InChI is InChI=1S/C7H14N2/c1-5-6(2)7(8-3)9-4/h5H,1-4H3,(H,8,9)/b6-5-. The molecule has 0 aromatic carbocycles. The van der Waals surface area contributed by atoms with Gasteiger partial charge in [0.05, 0.1) is 0 Å². The molecular weight excluding hydrogens is 112 g/mol. The summed E-state index contributed by atoms with van der Waals surface area (Å²) in [5.41, 5.74) is 1.18. The number of rotatable bonds is 1. The van der Waals surface area contributed by atoms with Gasteiger partial charge < -0.3 is 5.32 Å². The summed E-state index contributed by atoms with van der Waals surface area (Å²) in [6.45, 7) is 4.02. The highest BCUT2D eigenvalue weighted by molar-refractivity contribution is 5.97. The van der Waals surface area contributed by atoms with E-state index in [1.165, 1.54) is 5.57 Å². The van der Waals surface area contributed by atoms with Gasteiger partial charge in [-0.1, -0.05) is 6.08 Å². The fourth-order valence-electron chi connectivity index (χ4n) is 0.622. The Balaban J connectivity index is 4.14. The summed E-state index contributed by atoms with van der Waals surface area (Å²) in [4.78, 5) is 4.01. The highest BCUT2D eigenvalue weighted by Gasteiger charge is 1.92. The van der Waals surface area contributed by atoms with Crippen molar-refractivity contribution in [3.8, 4) is 0 Å². The van der Waals surface area contributed by atoms with Crippen LogP contribution in [0.15, 0.2) is 16.6 Å². The number of hydrogen-bond acceptors (Lipinski definition) is 1. The topological polar surface area (TPSA) is 24.4 Å². The molecule has 0 unspecified atom stereocenters. The molecule has 0 heterocycles. The van der Waals surface area contributed by atoms with E-state index in [2.05, 4.69) is 10.3 Å². The first-order valence-corrected chi connectivity index (χ1v) is 3.04. The van der Waals surface area contributed by atoms with Crippen LogP contribution in [0.3, 0.4) is 0 Å². The minimum atomic E-state index is 0.956. The average molecular weight is 126 g/mol. The van der Waals surface area contributed by atoms with E-state index >= 15 is 0 Å². The van der Waals surface area contributed by atoms with Crippen LogP contribution in [0, 0.1) is 0 Å². The highest BCUT2D eigenvalue weighted by atomic mass is 14.9. The van der Waals surface area contributed by atoms with E-state index in [-0.39, 0.29) is 0 Å². The Morgan fingerprint density at radius 2 is 2.11 bits per heavy atom. The molecule has 52 valence electrons. The van der Waals surface area contributed by atoms with Gasteiger partial charge in [-0.3, -0.25) is 4.99 Å². The molecule has 0 atom stereocenters. The Labute approximate surface area is 56.7 Å². The number of amidine groups is 1. The number of allylic oxidation sites excluding steroid dienone is 1. The lowest BCUT2D eigenvalue weighted by Crippen LogP contribution is -2.18. The first-order chi connectivity index (χ1) is 4.26. The predicted molar refractivity (Wildman–Crippen MR) is 41.8 cm³/mol. The van der Waals surface area contributed by atoms with Gasteiger partial charge in [0.15, 0.2) is 0 Å². The smallest absolute Gasteiger partial charge is 0.122 e. The number of hydrogen-bond donors (Lipinski definition) is 1. The quantitative estimate of drug-likeness (QED) is 0.414. The lowest BCUT2D eigenvalue weighted by atomic mass is 10.3.